The van der Waals surface area contributed by atoms with Crippen LogP contribution in [-0.4, -0.2) is 71.1 Å². The van der Waals surface area contributed by atoms with Crippen LogP contribution in [0.1, 0.15) is 11.1 Å². The van der Waals surface area contributed by atoms with Crippen LogP contribution < -0.4 is 10.5 Å². The lowest BCUT2D eigenvalue weighted by Gasteiger charge is -2.29. The van der Waals surface area contributed by atoms with E-state index in [9.17, 15) is 9.59 Å². The van der Waals surface area contributed by atoms with Crippen molar-refractivity contribution in [2.75, 3.05) is 51.5 Å². The summed E-state index contributed by atoms with van der Waals surface area (Å²) in [5, 5.41) is 0. The summed E-state index contributed by atoms with van der Waals surface area (Å²) in [4.78, 5) is 35.0. The van der Waals surface area contributed by atoms with Crippen LogP contribution in [0.5, 0.6) is 0 Å². The van der Waals surface area contributed by atoms with E-state index in [4.69, 9.17) is 26.7 Å². The first-order valence-corrected chi connectivity index (χ1v) is 10.8. The van der Waals surface area contributed by atoms with E-state index in [2.05, 4.69) is 0 Å². The average Bonchev–Trinajstić information content (AvgIpc) is 3.02. The molecule has 4 rings (SSSR count). The molecule has 0 spiro atoms. The van der Waals surface area contributed by atoms with E-state index < -0.39 is 0 Å². The molecule has 0 unspecified atom stereocenters. The number of methoxy groups -OCH3 is 1. The molecule has 2 fully saturated rings. The maximum Gasteiger partial charge on any atom is 0.267 e. The average molecular weight is 447 g/mol. The number of carbonyl (C=O) groups is 1. The molecule has 158 valence electrons. The van der Waals surface area contributed by atoms with Gasteiger partial charge in [-0.25, -0.2) is 4.98 Å². The van der Waals surface area contributed by atoms with Crippen molar-refractivity contribution >= 4 is 51.7 Å². The van der Waals surface area contributed by atoms with Crippen molar-refractivity contribution in [1.82, 2.24) is 14.3 Å². The number of hydrogen-bond acceptors (Lipinski definition) is 8. The molecule has 0 saturated carbocycles. The third kappa shape index (κ3) is 3.87. The summed E-state index contributed by atoms with van der Waals surface area (Å²) in [6.45, 7) is 5.07. The highest BCUT2D eigenvalue weighted by molar-refractivity contribution is 8.26. The third-order valence-electron chi connectivity index (χ3n) is 5.04. The summed E-state index contributed by atoms with van der Waals surface area (Å²) >= 11 is 6.55. The number of amides is 1. The van der Waals surface area contributed by atoms with Crippen LogP contribution in [0.4, 0.5) is 5.82 Å². The molecular weight excluding hydrogens is 424 g/mol. The van der Waals surface area contributed by atoms with E-state index in [0.717, 1.165) is 5.56 Å². The van der Waals surface area contributed by atoms with Crippen LogP contribution >= 0.6 is 24.0 Å². The van der Waals surface area contributed by atoms with E-state index in [1.54, 1.807) is 19.4 Å². The number of morpholine rings is 1. The Kier molecular flexibility index (Phi) is 6.19. The first kappa shape index (κ1) is 21.0. The molecule has 0 N–H and O–H groups in total. The number of ether oxygens (including phenoxy) is 2. The Morgan fingerprint density at radius 1 is 1.33 bits per heavy atom. The molecule has 2 aromatic rings. The standard InChI is InChI=1S/C20H22N4O4S2/c1-13-4-3-5-23-16(13)21-17(22-6-10-28-11-7-22)14(18(23)25)12-15-19(26)24(8-9-27-2)20(29)30-15/h3-5,12H,6-11H2,1-2H3. The van der Waals surface area contributed by atoms with Gasteiger partial charge in [0.1, 0.15) is 15.8 Å². The van der Waals surface area contributed by atoms with Crippen molar-refractivity contribution in [1.29, 1.82) is 0 Å². The Hall–Kier alpha value is -2.27. The van der Waals surface area contributed by atoms with Crippen LogP contribution in [0.3, 0.4) is 0 Å². The fourth-order valence-corrected chi connectivity index (χ4v) is 4.74. The number of aryl methyl sites for hydroxylation is 1. The molecule has 30 heavy (non-hydrogen) atoms. The molecule has 2 aliphatic heterocycles. The molecule has 4 heterocycles. The largest absolute Gasteiger partial charge is 0.383 e. The second-order valence-electron chi connectivity index (χ2n) is 6.96. The highest BCUT2D eigenvalue weighted by Gasteiger charge is 2.32. The van der Waals surface area contributed by atoms with Gasteiger partial charge in [0.05, 0.1) is 36.8 Å². The molecule has 10 heteroatoms. The van der Waals surface area contributed by atoms with Gasteiger partial charge in [0.25, 0.3) is 11.5 Å². The number of rotatable bonds is 5. The lowest BCUT2D eigenvalue weighted by Crippen LogP contribution is -2.38. The van der Waals surface area contributed by atoms with E-state index in [1.807, 2.05) is 24.0 Å². The van der Waals surface area contributed by atoms with Gasteiger partial charge in [-0.1, -0.05) is 30.0 Å². The molecule has 0 aliphatic carbocycles. The predicted octanol–water partition coefficient (Wildman–Crippen LogP) is 1.69. The van der Waals surface area contributed by atoms with Gasteiger partial charge < -0.3 is 14.4 Å². The molecule has 0 aromatic carbocycles. The van der Waals surface area contributed by atoms with Gasteiger partial charge in [0, 0.05) is 26.4 Å². The number of carbonyl (C=O) groups excluding carboxylic acids is 1. The first-order valence-electron chi connectivity index (χ1n) is 9.60. The number of thiocarbonyl (C=S) groups is 1. The highest BCUT2D eigenvalue weighted by atomic mass is 32.2. The van der Waals surface area contributed by atoms with Crippen LogP contribution in [-0.2, 0) is 14.3 Å². The maximum absolute atomic E-state index is 13.4. The van der Waals surface area contributed by atoms with E-state index in [0.29, 0.717) is 65.7 Å². The van der Waals surface area contributed by atoms with Gasteiger partial charge in [-0.05, 0) is 24.6 Å². The molecule has 2 saturated heterocycles. The van der Waals surface area contributed by atoms with Crippen LogP contribution in [0.25, 0.3) is 11.7 Å². The van der Waals surface area contributed by atoms with E-state index in [1.165, 1.54) is 21.1 Å². The minimum Gasteiger partial charge on any atom is -0.383 e. The Bertz CT molecular complexity index is 1090. The number of fused-ring (bicyclic) bond motifs is 1. The predicted molar refractivity (Wildman–Crippen MR) is 121 cm³/mol. The molecule has 8 nitrogen and oxygen atoms in total. The van der Waals surface area contributed by atoms with Gasteiger partial charge in [-0.15, -0.1) is 0 Å². The molecule has 0 radical (unpaired) electrons. The SMILES string of the molecule is COCCN1C(=O)C(=Cc2c(N3CCOCC3)nc3c(C)cccn3c2=O)SC1=S. The van der Waals surface area contributed by atoms with Gasteiger partial charge in [-0.2, -0.15) is 0 Å². The van der Waals surface area contributed by atoms with Crippen molar-refractivity contribution in [2.45, 2.75) is 6.92 Å². The Morgan fingerprint density at radius 2 is 2.10 bits per heavy atom. The minimum atomic E-state index is -0.219. The maximum atomic E-state index is 13.4. The quantitative estimate of drug-likeness (QED) is 0.507. The first-order chi connectivity index (χ1) is 14.5. The number of nitrogens with zero attached hydrogens (tertiary/aromatic N) is 4. The summed E-state index contributed by atoms with van der Waals surface area (Å²) < 4.78 is 12.5. The summed E-state index contributed by atoms with van der Waals surface area (Å²) in [6.07, 6.45) is 3.32. The van der Waals surface area contributed by atoms with Gasteiger partial charge >= 0.3 is 0 Å². The zero-order chi connectivity index (χ0) is 21.3. The summed E-state index contributed by atoms with van der Waals surface area (Å²) in [5.74, 6) is 0.350. The van der Waals surface area contributed by atoms with Crippen molar-refractivity contribution in [2.24, 2.45) is 0 Å². The molecule has 0 bridgehead atoms. The summed E-state index contributed by atoms with van der Waals surface area (Å²) in [7, 11) is 1.58. The second-order valence-corrected chi connectivity index (χ2v) is 8.64. The van der Waals surface area contributed by atoms with Crippen molar-refractivity contribution in [3.8, 4) is 0 Å². The zero-order valence-electron chi connectivity index (χ0n) is 16.8. The Labute approximate surface area is 183 Å². The number of hydrogen-bond donors (Lipinski definition) is 0. The normalized spacial score (nSPS) is 18.8. The fraction of sp³-hybridized carbons (Fsp3) is 0.400. The van der Waals surface area contributed by atoms with E-state index >= 15 is 0 Å². The monoisotopic (exact) mass is 446 g/mol. The third-order valence-corrected chi connectivity index (χ3v) is 6.42. The molecule has 2 aromatic heterocycles. The van der Waals surface area contributed by atoms with E-state index in [-0.39, 0.29) is 11.5 Å². The summed E-state index contributed by atoms with van der Waals surface area (Å²) in [5.41, 5.74) is 1.68. The Morgan fingerprint density at radius 3 is 2.83 bits per heavy atom. The van der Waals surface area contributed by atoms with Gasteiger partial charge in [-0.3, -0.25) is 18.9 Å². The lowest BCUT2D eigenvalue weighted by atomic mass is 10.2. The van der Waals surface area contributed by atoms with Crippen LogP contribution in [0, 0.1) is 6.92 Å². The Balaban J connectivity index is 1.84. The molecule has 0 atom stereocenters. The topological polar surface area (TPSA) is 76.4 Å². The van der Waals surface area contributed by atoms with Crippen molar-refractivity contribution in [3.63, 3.8) is 0 Å². The zero-order valence-corrected chi connectivity index (χ0v) is 18.4. The molecule has 1 amide bonds. The minimum absolute atomic E-state index is 0.215. The number of anilines is 1. The second kappa shape index (κ2) is 8.84. The number of aromatic nitrogens is 2. The molecular formula is C20H22N4O4S2. The van der Waals surface area contributed by atoms with Crippen LogP contribution in [0.2, 0.25) is 0 Å². The fourth-order valence-electron chi connectivity index (χ4n) is 3.45. The van der Waals surface area contributed by atoms with Gasteiger partial charge in [0.2, 0.25) is 0 Å². The smallest absolute Gasteiger partial charge is 0.267 e. The van der Waals surface area contributed by atoms with Gasteiger partial charge in [0.15, 0.2) is 0 Å². The van der Waals surface area contributed by atoms with Crippen molar-refractivity contribution < 1.29 is 14.3 Å². The number of thioether (sulfide) groups is 1. The van der Waals surface area contributed by atoms with Crippen molar-refractivity contribution in [3.05, 3.63) is 44.7 Å². The van der Waals surface area contributed by atoms with Crippen LogP contribution in [0.15, 0.2) is 28.0 Å². The molecule has 2 aliphatic rings. The highest BCUT2D eigenvalue weighted by Crippen LogP contribution is 2.33. The number of pyridine rings is 1. The lowest BCUT2D eigenvalue weighted by molar-refractivity contribution is -0.122. The summed E-state index contributed by atoms with van der Waals surface area (Å²) in [6, 6.07) is 3.74.